The van der Waals surface area contributed by atoms with Gasteiger partial charge in [0.2, 0.25) is 0 Å². The molecule has 6 nitrogen and oxygen atoms in total. The van der Waals surface area contributed by atoms with Gasteiger partial charge in [0, 0.05) is 17.5 Å². The fraction of sp³-hybridized carbons (Fsp3) is 0.182. The normalized spacial score (nSPS) is 11.5. The lowest BCUT2D eigenvalue weighted by molar-refractivity contribution is -0.139. The van der Waals surface area contributed by atoms with E-state index in [0.717, 1.165) is 22.2 Å². The number of esters is 1. The standard InChI is InChI=1S/C22H21ClN2O4/c1-3-29-22(27)18(21(24)26)12-17-16-6-4-5-7-19(16)25(20(17)23)13-14-8-10-15(28-2)11-9-14/h4-12H,3,13H2,1-2H3,(H2,24,26). The molecule has 0 bridgehead atoms. The molecule has 0 aliphatic heterocycles. The molecule has 29 heavy (non-hydrogen) atoms. The minimum Gasteiger partial charge on any atom is -0.497 e. The van der Waals surface area contributed by atoms with Crippen LogP contribution in [0.15, 0.2) is 54.1 Å². The zero-order valence-electron chi connectivity index (χ0n) is 16.1. The molecule has 3 aromatic rings. The summed E-state index contributed by atoms with van der Waals surface area (Å²) < 4.78 is 12.1. The quantitative estimate of drug-likeness (QED) is 0.277. The van der Waals surface area contributed by atoms with Crippen molar-refractivity contribution in [2.24, 2.45) is 5.73 Å². The minimum absolute atomic E-state index is 0.135. The van der Waals surface area contributed by atoms with Crippen molar-refractivity contribution in [2.45, 2.75) is 13.5 Å². The van der Waals surface area contributed by atoms with Crippen LogP contribution in [0.5, 0.6) is 5.75 Å². The predicted octanol–water partition coefficient (Wildman–Crippen LogP) is 3.78. The topological polar surface area (TPSA) is 83.6 Å². The molecule has 1 heterocycles. The summed E-state index contributed by atoms with van der Waals surface area (Å²) >= 11 is 6.68. The molecule has 0 unspecified atom stereocenters. The van der Waals surface area contributed by atoms with Crippen molar-refractivity contribution in [1.29, 1.82) is 0 Å². The van der Waals surface area contributed by atoms with Gasteiger partial charge in [0.25, 0.3) is 5.91 Å². The smallest absolute Gasteiger partial charge is 0.343 e. The van der Waals surface area contributed by atoms with Crippen molar-refractivity contribution in [3.63, 3.8) is 0 Å². The van der Waals surface area contributed by atoms with Crippen LogP contribution in [-0.2, 0) is 20.9 Å². The zero-order chi connectivity index (χ0) is 21.0. The van der Waals surface area contributed by atoms with Gasteiger partial charge >= 0.3 is 5.97 Å². The highest BCUT2D eigenvalue weighted by Gasteiger charge is 2.21. The van der Waals surface area contributed by atoms with E-state index in [2.05, 4.69) is 0 Å². The van der Waals surface area contributed by atoms with Gasteiger partial charge in [-0.25, -0.2) is 4.79 Å². The van der Waals surface area contributed by atoms with Gasteiger partial charge in [-0.2, -0.15) is 0 Å². The molecule has 0 saturated heterocycles. The van der Waals surface area contributed by atoms with Gasteiger partial charge < -0.3 is 19.8 Å². The van der Waals surface area contributed by atoms with Crippen LogP contribution in [0, 0.1) is 0 Å². The third-order valence-electron chi connectivity index (χ3n) is 4.49. The van der Waals surface area contributed by atoms with Crippen molar-refractivity contribution < 1.29 is 19.1 Å². The number of nitrogens with zero attached hydrogens (tertiary/aromatic N) is 1. The van der Waals surface area contributed by atoms with Crippen LogP contribution in [0.2, 0.25) is 5.15 Å². The molecule has 0 atom stereocenters. The van der Waals surface area contributed by atoms with Gasteiger partial charge in [0.1, 0.15) is 16.5 Å². The van der Waals surface area contributed by atoms with E-state index >= 15 is 0 Å². The Balaban J connectivity index is 2.11. The average molecular weight is 413 g/mol. The number of carbonyl (C=O) groups is 2. The van der Waals surface area contributed by atoms with E-state index in [1.165, 1.54) is 6.08 Å². The van der Waals surface area contributed by atoms with Crippen LogP contribution in [0.4, 0.5) is 0 Å². The Morgan fingerprint density at radius 1 is 1.14 bits per heavy atom. The third-order valence-corrected chi connectivity index (χ3v) is 4.90. The molecule has 0 saturated carbocycles. The summed E-state index contributed by atoms with van der Waals surface area (Å²) in [5.74, 6) is -0.879. The number of carbonyl (C=O) groups excluding carboxylic acids is 2. The second-order valence-corrected chi connectivity index (χ2v) is 6.66. The summed E-state index contributed by atoms with van der Waals surface area (Å²) in [6.07, 6.45) is 1.40. The van der Waals surface area contributed by atoms with Crippen molar-refractivity contribution in [2.75, 3.05) is 13.7 Å². The number of hydrogen-bond acceptors (Lipinski definition) is 4. The van der Waals surface area contributed by atoms with Crippen molar-refractivity contribution >= 4 is 40.5 Å². The van der Waals surface area contributed by atoms with Crippen LogP contribution in [0.25, 0.3) is 17.0 Å². The molecular weight excluding hydrogens is 392 g/mol. The largest absolute Gasteiger partial charge is 0.497 e. The molecule has 2 aromatic carbocycles. The van der Waals surface area contributed by atoms with E-state index < -0.39 is 11.9 Å². The Hall–Kier alpha value is -3.25. The highest BCUT2D eigenvalue weighted by Crippen LogP contribution is 2.33. The molecular formula is C22H21ClN2O4. The Morgan fingerprint density at radius 2 is 1.83 bits per heavy atom. The molecule has 2 N–H and O–H groups in total. The summed E-state index contributed by atoms with van der Waals surface area (Å²) in [5, 5.41) is 1.19. The third kappa shape index (κ3) is 4.27. The number of nitrogens with two attached hydrogens (primary N) is 1. The molecule has 1 amide bonds. The van der Waals surface area contributed by atoms with Crippen LogP contribution in [0.3, 0.4) is 0 Å². The van der Waals surface area contributed by atoms with E-state index in [9.17, 15) is 9.59 Å². The number of primary amides is 1. The lowest BCUT2D eigenvalue weighted by Crippen LogP contribution is -2.22. The number of ether oxygens (including phenoxy) is 2. The maximum Gasteiger partial charge on any atom is 0.343 e. The first-order valence-electron chi connectivity index (χ1n) is 9.04. The Labute approximate surface area is 173 Å². The maximum atomic E-state index is 12.1. The Morgan fingerprint density at radius 3 is 2.45 bits per heavy atom. The van der Waals surface area contributed by atoms with Crippen molar-refractivity contribution in [1.82, 2.24) is 4.57 Å². The first kappa shape index (κ1) is 20.5. The van der Waals surface area contributed by atoms with Gasteiger partial charge in [-0.1, -0.05) is 41.9 Å². The van der Waals surface area contributed by atoms with Crippen molar-refractivity contribution in [3.8, 4) is 5.75 Å². The van der Waals surface area contributed by atoms with Crippen LogP contribution in [0.1, 0.15) is 18.1 Å². The molecule has 0 radical (unpaired) electrons. The fourth-order valence-corrected chi connectivity index (χ4v) is 3.40. The number of hydrogen-bond donors (Lipinski definition) is 1. The number of aromatic nitrogens is 1. The maximum absolute atomic E-state index is 12.1. The summed E-state index contributed by atoms with van der Waals surface area (Å²) in [6.45, 7) is 2.29. The number of methoxy groups -OCH3 is 1. The average Bonchev–Trinajstić information content (AvgIpc) is 2.98. The van der Waals surface area contributed by atoms with Crippen molar-refractivity contribution in [3.05, 3.63) is 70.4 Å². The Kier molecular flexibility index (Phi) is 6.24. The Bertz CT molecular complexity index is 1080. The van der Waals surface area contributed by atoms with Crippen LogP contribution in [-0.4, -0.2) is 30.2 Å². The number of benzene rings is 2. The molecule has 0 aliphatic carbocycles. The van der Waals surface area contributed by atoms with E-state index in [-0.39, 0.29) is 12.2 Å². The molecule has 150 valence electrons. The lowest BCUT2D eigenvalue weighted by Gasteiger charge is -2.08. The molecule has 3 rings (SSSR count). The summed E-state index contributed by atoms with van der Waals surface area (Å²) in [6, 6.07) is 15.2. The first-order chi connectivity index (χ1) is 14.0. The number of rotatable bonds is 7. The van der Waals surface area contributed by atoms with Gasteiger partial charge in [-0.05, 0) is 36.8 Å². The number of halogens is 1. The zero-order valence-corrected chi connectivity index (χ0v) is 16.9. The number of amides is 1. The lowest BCUT2D eigenvalue weighted by atomic mass is 10.1. The molecule has 1 aromatic heterocycles. The van der Waals surface area contributed by atoms with Gasteiger partial charge in [0.15, 0.2) is 0 Å². The summed E-state index contributed by atoms with van der Waals surface area (Å²) in [7, 11) is 1.61. The summed E-state index contributed by atoms with van der Waals surface area (Å²) in [4.78, 5) is 24.0. The van der Waals surface area contributed by atoms with Crippen LogP contribution >= 0.6 is 11.6 Å². The van der Waals surface area contributed by atoms with Gasteiger partial charge in [0.05, 0.1) is 19.2 Å². The fourth-order valence-electron chi connectivity index (χ4n) is 3.09. The highest BCUT2D eigenvalue weighted by molar-refractivity contribution is 6.33. The van der Waals surface area contributed by atoms with E-state index in [1.807, 2.05) is 53.1 Å². The van der Waals surface area contributed by atoms with E-state index in [4.69, 9.17) is 26.8 Å². The second-order valence-electron chi connectivity index (χ2n) is 6.30. The SMILES string of the molecule is CCOC(=O)C(=Cc1c(Cl)n(Cc2ccc(OC)cc2)c2ccccc12)C(N)=O. The minimum atomic E-state index is -0.869. The number of fused-ring (bicyclic) bond motifs is 1. The monoisotopic (exact) mass is 412 g/mol. The van der Waals surface area contributed by atoms with Crippen LogP contribution < -0.4 is 10.5 Å². The second kappa shape index (κ2) is 8.84. The predicted molar refractivity (Wildman–Crippen MR) is 113 cm³/mol. The molecule has 0 fully saturated rings. The van der Waals surface area contributed by atoms with Gasteiger partial charge in [-0.3, -0.25) is 4.79 Å². The molecule has 0 aliphatic rings. The number of para-hydroxylation sites is 1. The molecule has 0 spiro atoms. The molecule has 7 heteroatoms. The van der Waals surface area contributed by atoms with E-state index in [0.29, 0.717) is 17.3 Å². The van der Waals surface area contributed by atoms with Gasteiger partial charge in [-0.15, -0.1) is 0 Å². The van der Waals surface area contributed by atoms with E-state index in [1.54, 1.807) is 14.0 Å². The summed E-state index contributed by atoms with van der Waals surface area (Å²) in [5.41, 5.74) is 7.57. The first-order valence-corrected chi connectivity index (χ1v) is 9.42. The highest BCUT2D eigenvalue weighted by atomic mass is 35.5.